The number of hydrogen-bond donors (Lipinski definition) is 1. The van der Waals surface area contributed by atoms with Crippen LogP contribution in [0.5, 0.6) is 0 Å². The van der Waals surface area contributed by atoms with Crippen molar-refractivity contribution in [3.63, 3.8) is 0 Å². The average Bonchev–Trinajstić information content (AvgIpc) is 2.66. The molecule has 1 saturated heterocycles. The molecule has 2 unspecified atom stereocenters. The molecule has 1 aliphatic heterocycles. The molecular weight excluding hydrogens is 435 g/mol. The molecule has 0 amide bonds. The molecule has 2 atom stereocenters. The van der Waals surface area contributed by atoms with Crippen LogP contribution in [0.25, 0.3) is 0 Å². The van der Waals surface area contributed by atoms with Gasteiger partial charge in [-0.2, -0.15) is 0 Å². The van der Waals surface area contributed by atoms with E-state index in [1.54, 1.807) is 0 Å². The molecule has 1 aromatic carbocycles. The lowest BCUT2D eigenvalue weighted by Crippen LogP contribution is -2.48. The summed E-state index contributed by atoms with van der Waals surface area (Å²) in [7, 11) is 0. The topological polar surface area (TPSA) is 40.5 Å². The second kappa shape index (κ2) is 10.5. The smallest absolute Gasteiger partial charge is 0.194 e. The van der Waals surface area contributed by atoms with E-state index in [0.717, 1.165) is 31.3 Å². The van der Waals surface area contributed by atoms with E-state index in [4.69, 9.17) is 4.99 Å². The van der Waals surface area contributed by atoms with E-state index in [9.17, 15) is 0 Å². The highest BCUT2D eigenvalue weighted by atomic mass is 127. The number of pyridine rings is 1. The lowest BCUT2D eigenvalue weighted by atomic mass is 9.82. The van der Waals surface area contributed by atoms with Crippen molar-refractivity contribution in [1.82, 2.24) is 15.2 Å². The first-order valence-corrected chi connectivity index (χ1v) is 9.26. The molecule has 1 N–H and O–H groups in total. The van der Waals surface area contributed by atoms with Gasteiger partial charge in [0, 0.05) is 25.8 Å². The molecule has 5 heteroatoms. The summed E-state index contributed by atoms with van der Waals surface area (Å²) in [5, 5.41) is 3.45. The van der Waals surface area contributed by atoms with Gasteiger partial charge in [0.25, 0.3) is 0 Å². The normalized spacial score (nSPS) is 20.4. The van der Waals surface area contributed by atoms with Crippen LogP contribution >= 0.6 is 24.0 Å². The molecule has 26 heavy (non-hydrogen) atoms. The van der Waals surface area contributed by atoms with E-state index in [1.807, 2.05) is 24.4 Å². The highest BCUT2D eigenvalue weighted by Crippen LogP contribution is 2.32. The minimum absolute atomic E-state index is 0. The number of guanidine groups is 1. The lowest BCUT2D eigenvalue weighted by molar-refractivity contribution is 0.234. The van der Waals surface area contributed by atoms with Gasteiger partial charge in [-0.3, -0.25) is 4.98 Å². The van der Waals surface area contributed by atoms with Crippen molar-refractivity contribution in [2.45, 2.75) is 32.7 Å². The monoisotopic (exact) mass is 464 g/mol. The van der Waals surface area contributed by atoms with Gasteiger partial charge >= 0.3 is 0 Å². The zero-order valence-electron chi connectivity index (χ0n) is 15.6. The Morgan fingerprint density at radius 2 is 1.96 bits per heavy atom. The first kappa shape index (κ1) is 20.7. The maximum absolute atomic E-state index is 4.81. The molecule has 1 fully saturated rings. The summed E-state index contributed by atoms with van der Waals surface area (Å²) < 4.78 is 0. The number of aliphatic imine (C=N–C) groups is 1. The molecule has 1 aliphatic rings. The molecule has 2 aromatic rings. The van der Waals surface area contributed by atoms with E-state index in [-0.39, 0.29) is 24.0 Å². The van der Waals surface area contributed by atoms with Gasteiger partial charge in [-0.05, 0) is 42.9 Å². The van der Waals surface area contributed by atoms with Crippen LogP contribution in [0, 0.1) is 5.92 Å². The molecule has 0 aliphatic carbocycles. The van der Waals surface area contributed by atoms with Crippen molar-refractivity contribution in [2.24, 2.45) is 10.9 Å². The Labute approximate surface area is 174 Å². The fourth-order valence-electron chi connectivity index (χ4n) is 3.61. The zero-order chi connectivity index (χ0) is 17.5. The van der Waals surface area contributed by atoms with Crippen LogP contribution in [0.3, 0.4) is 0 Å². The number of piperidine rings is 1. The highest BCUT2D eigenvalue weighted by Gasteiger charge is 2.28. The Hall–Kier alpha value is -1.63. The molecule has 0 radical (unpaired) electrons. The van der Waals surface area contributed by atoms with Crippen molar-refractivity contribution >= 4 is 29.9 Å². The third-order valence-corrected chi connectivity index (χ3v) is 4.88. The number of benzene rings is 1. The van der Waals surface area contributed by atoms with Gasteiger partial charge in [0.2, 0.25) is 0 Å². The largest absolute Gasteiger partial charge is 0.357 e. The van der Waals surface area contributed by atoms with Gasteiger partial charge in [-0.15, -0.1) is 24.0 Å². The first-order chi connectivity index (χ1) is 12.3. The van der Waals surface area contributed by atoms with Crippen LogP contribution in [0.4, 0.5) is 0 Å². The lowest BCUT2D eigenvalue weighted by Gasteiger charge is -2.39. The van der Waals surface area contributed by atoms with E-state index in [2.05, 4.69) is 59.4 Å². The fraction of sp³-hybridized carbons (Fsp3) is 0.429. The van der Waals surface area contributed by atoms with E-state index in [1.165, 1.54) is 12.0 Å². The molecular formula is C21H29IN4. The molecule has 2 heterocycles. The minimum Gasteiger partial charge on any atom is -0.357 e. The SMILES string of the molecule is CCNC(=NCc1ccccn1)N1CCC(c2ccccc2)C(C)C1.I. The highest BCUT2D eigenvalue weighted by molar-refractivity contribution is 14.0. The maximum Gasteiger partial charge on any atom is 0.194 e. The van der Waals surface area contributed by atoms with Crippen molar-refractivity contribution < 1.29 is 0 Å². The van der Waals surface area contributed by atoms with Crippen LogP contribution in [0.15, 0.2) is 59.7 Å². The third kappa shape index (κ3) is 5.43. The third-order valence-electron chi connectivity index (χ3n) is 4.88. The Balaban J connectivity index is 0.00000243. The number of rotatable bonds is 4. The molecule has 0 saturated carbocycles. The molecule has 140 valence electrons. The van der Waals surface area contributed by atoms with E-state index < -0.39 is 0 Å². The average molecular weight is 464 g/mol. The van der Waals surface area contributed by atoms with Crippen LogP contribution in [-0.2, 0) is 6.54 Å². The number of halogens is 1. The standard InChI is InChI=1S/C21H28N4.HI/c1-3-22-21(24-15-19-11-7-8-13-23-19)25-14-12-20(17(2)16-25)18-9-5-4-6-10-18;/h4-11,13,17,20H,3,12,14-16H2,1-2H3,(H,22,24);1H. The Bertz CT molecular complexity index is 675. The second-order valence-corrected chi connectivity index (χ2v) is 6.72. The van der Waals surface area contributed by atoms with Gasteiger partial charge in [0.15, 0.2) is 5.96 Å². The summed E-state index contributed by atoms with van der Waals surface area (Å²) in [5.74, 6) is 2.25. The predicted molar refractivity (Wildman–Crippen MR) is 119 cm³/mol. The zero-order valence-corrected chi connectivity index (χ0v) is 18.0. The van der Waals surface area contributed by atoms with E-state index >= 15 is 0 Å². The summed E-state index contributed by atoms with van der Waals surface area (Å²) in [6, 6.07) is 16.9. The quantitative estimate of drug-likeness (QED) is 0.417. The molecule has 1 aromatic heterocycles. The molecule has 4 nitrogen and oxygen atoms in total. The van der Waals surface area contributed by atoms with Gasteiger partial charge in [-0.1, -0.05) is 43.3 Å². The first-order valence-electron chi connectivity index (χ1n) is 9.26. The second-order valence-electron chi connectivity index (χ2n) is 6.72. The number of likely N-dealkylation sites (tertiary alicyclic amines) is 1. The number of nitrogens with zero attached hydrogens (tertiary/aromatic N) is 3. The summed E-state index contributed by atoms with van der Waals surface area (Å²) in [5.41, 5.74) is 2.47. The van der Waals surface area contributed by atoms with Gasteiger partial charge in [0.05, 0.1) is 12.2 Å². The minimum atomic E-state index is 0. The molecule has 0 spiro atoms. The van der Waals surface area contributed by atoms with Crippen molar-refractivity contribution in [3.05, 3.63) is 66.0 Å². The predicted octanol–water partition coefficient (Wildman–Crippen LogP) is 4.29. The van der Waals surface area contributed by atoms with Crippen molar-refractivity contribution in [2.75, 3.05) is 19.6 Å². The van der Waals surface area contributed by atoms with Crippen molar-refractivity contribution in [3.8, 4) is 0 Å². The summed E-state index contributed by atoms with van der Waals surface area (Å²) in [6.45, 7) is 8.05. The Morgan fingerprint density at radius 1 is 1.19 bits per heavy atom. The summed E-state index contributed by atoms with van der Waals surface area (Å²) >= 11 is 0. The Kier molecular flexibility index (Phi) is 8.35. The maximum atomic E-state index is 4.81. The van der Waals surface area contributed by atoms with Gasteiger partial charge in [0.1, 0.15) is 0 Å². The van der Waals surface area contributed by atoms with Crippen LogP contribution in [-0.4, -0.2) is 35.5 Å². The molecule has 3 rings (SSSR count). The Morgan fingerprint density at radius 3 is 2.62 bits per heavy atom. The van der Waals surface area contributed by atoms with Crippen molar-refractivity contribution in [1.29, 1.82) is 0 Å². The summed E-state index contributed by atoms with van der Waals surface area (Å²) in [6.07, 6.45) is 2.99. The fourth-order valence-corrected chi connectivity index (χ4v) is 3.61. The molecule has 0 bridgehead atoms. The number of aromatic nitrogens is 1. The number of nitrogens with one attached hydrogen (secondary N) is 1. The van der Waals surface area contributed by atoms with Gasteiger partial charge in [-0.25, -0.2) is 4.99 Å². The van der Waals surface area contributed by atoms with Gasteiger partial charge < -0.3 is 10.2 Å². The van der Waals surface area contributed by atoms with Crippen LogP contribution < -0.4 is 5.32 Å². The van der Waals surface area contributed by atoms with Crippen LogP contribution in [0.1, 0.15) is 37.4 Å². The van der Waals surface area contributed by atoms with Crippen LogP contribution in [0.2, 0.25) is 0 Å². The van der Waals surface area contributed by atoms with E-state index in [0.29, 0.717) is 18.4 Å². The summed E-state index contributed by atoms with van der Waals surface area (Å²) in [4.78, 5) is 11.6. The number of hydrogen-bond acceptors (Lipinski definition) is 2.